The average molecular weight is 514 g/mol. The van der Waals surface area contributed by atoms with Crippen molar-refractivity contribution in [2.24, 2.45) is 0 Å². The van der Waals surface area contributed by atoms with Crippen LogP contribution in [0.2, 0.25) is 0 Å². The predicted octanol–water partition coefficient (Wildman–Crippen LogP) is 6.59. The Bertz CT molecular complexity index is 1420. The lowest BCUT2D eigenvalue weighted by atomic mass is 9.53. The summed E-state index contributed by atoms with van der Waals surface area (Å²) in [5.74, 6) is -0.478. The Morgan fingerprint density at radius 3 is 1.79 bits per heavy atom. The normalized spacial score (nSPS) is 18.3. The van der Waals surface area contributed by atoms with Crippen molar-refractivity contribution in [2.75, 3.05) is 6.61 Å². The van der Waals surface area contributed by atoms with Crippen LogP contribution in [0.4, 0.5) is 0 Å². The molecule has 4 nitrogen and oxygen atoms in total. The van der Waals surface area contributed by atoms with E-state index in [4.69, 9.17) is 4.74 Å². The largest absolute Gasteiger partial charge is 0.463 e. The van der Waals surface area contributed by atoms with Gasteiger partial charge in [0.2, 0.25) is 5.91 Å². The van der Waals surface area contributed by atoms with Crippen molar-refractivity contribution in [1.82, 2.24) is 4.90 Å². The highest BCUT2D eigenvalue weighted by Gasteiger charge is 2.70. The first kappa shape index (κ1) is 25.9. The molecule has 0 bridgehead atoms. The van der Waals surface area contributed by atoms with Crippen molar-refractivity contribution in [3.63, 3.8) is 0 Å². The molecule has 194 valence electrons. The van der Waals surface area contributed by atoms with Crippen LogP contribution >= 0.6 is 0 Å². The monoisotopic (exact) mass is 513 g/mol. The average Bonchev–Trinajstić information content (AvgIpc) is 2.99. The minimum absolute atomic E-state index is 0.0324. The molecule has 1 amide bonds. The molecule has 0 N–H and O–H groups in total. The summed E-state index contributed by atoms with van der Waals surface area (Å²) in [5, 5.41) is 0. The summed E-state index contributed by atoms with van der Waals surface area (Å²) in [6, 6.07) is 39.6. The van der Waals surface area contributed by atoms with Gasteiger partial charge in [0.05, 0.1) is 6.61 Å². The summed E-state index contributed by atoms with van der Waals surface area (Å²) in [5.41, 5.74) is 1.61. The number of carbonyl (C=O) groups excluding carboxylic acids is 2. The van der Waals surface area contributed by atoms with Crippen molar-refractivity contribution < 1.29 is 14.3 Å². The Balaban J connectivity index is 1.79. The first-order valence-corrected chi connectivity index (χ1v) is 13.2. The fourth-order valence-corrected chi connectivity index (χ4v) is 5.57. The lowest BCUT2D eigenvalue weighted by Crippen LogP contribution is -2.78. The number of ether oxygens (including phenoxy) is 1. The number of carbonyl (C=O) groups is 2. The smallest absolute Gasteiger partial charge is 0.330 e. The van der Waals surface area contributed by atoms with Crippen molar-refractivity contribution >= 4 is 18.0 Å². The zero-order chi connectivity index (χ0) is 27.1. The Morgan fingerprint density at radius 2 is 1.26 bits per heavy atom. The summed E-state index contributed by atoms with van der Waals surface area (Å²) in [6.07, 6.45) is 7.39. The van der Waals surface area contributed by atoms with E-state index in [1.165, 1.54) is 6.08 Å². The van der Waals surface area contributed by atoms with Gasteiger partial charge in [-0.15, -0.1) is 0 Å². The molecule has 4 heteroatoms. The van der Waals surface area contributed by atoms with Crippen molar-refractivity contribution in [3.8, 4) is 0 Å². The van der Waals surface area contributed by atoms with Gasteiger partial charge in [-0.25, -0.2) is 4.79 Å². The van der Waals surface area contributed by atoms with Crippen molar-refractivity contribution in [1.29, 1.82) is 0 Å². The van der Waals surface area contributed by atoms with Gasteiger partial charge in [0, 0.05) is 12.6 Å². The molecule has 0 aliphatic carbocycles. The number of benzene rings is 4. The van der Waals surface area contributed by atoms with E-state index in [2.05, 4.69) is 6.08 Å². The van der Waals surface area contributed by atoms with Crippen LogP contribution in [0.15, 0.2) is 140 Å². The molecule has 1 fully saturated rings. The van der Waals surface area contributed by atoms with E-state index in [0.717, 1.165) is 22.3 Å². The molecule has 4 aromatic carbocycles. The molecule has 0 aromatic heterocycles. The molecule has 1 atom stereocenters. The third-order valence-corrected chi connectivity index (χ3v) is 7.30. The zero-order valence-corrected chi connectivity index (χ0v) is 21.9. The highest BCUT2D eigenvalue weighted by atomic mass is 16.5. The number of hydrogen-bond donors (Lipinski definition) is 0. The van der Waals surface area contributed by atoms with Crippen LogP contribution in [-0.4, -0.2) is 28.9 Å². The molecule has 4 aromatic rings. The molecule has 1 unspecified atom stereocenters. The summed E-state index contributed by atoms with van der Waals surface area (Å²) in [4.78, 5) is 29.2. The van der Waals surface area contributed by atoms with E-state index in [1.54, 1.807) is 6.92 Å². The fourth-order valence-electron chi connectivity index (χ4n) is 5.57. The van der Waals surface area contributed by atoms with E-state index in [0.29, 0.717) is 6.54 Å². The number of rotatable bonds is 9. The van der Waals surface area contributed by atoms with E-state index in [9.17, 15) is 9.59 Å². The van der Waals surface area contributed by atoms with Gasteiger partial charge in [-0.2, -0.15) is 0 Å². The first-order valence-electron chi connectivity index (χ1n) is 13.2. The van der Waals surface area contributed by atoms with Gasteiger partial charge < -0.3 is 9.64 Å². The number of esters is 1. The maximum absolute atomic E-state index is 14.6. The SMILES string of the molecule is CCOC(=O)/C=C\C1(/C=C/c2ccccc2)N(Cc2ccccc2)C(=O)C1(c1ccccc1)c1ccccc1. The molecule has 39 heavy (non-hydrogen) atoms. The van der Waals surface area contributed by atoms with Crippen LogP contribution in [-0.2, 0) is 26.3 Å². The molecular formula is C35H31NO3. The van der Waals surface area contributed by atoms with Gasteiger partial charge in [0.1, 0.15) is 11.0 Å². The van der Waals surface area contributed by atoms with Crippen LogP contribution in [0.25, 0.3) is 6.08 Å². The molecule has 1 aliphatic rings. The van der Waals surface area contributed by atoms with Crippen LogP contribution in [0.3, 0.4) is 0 Å². The maximum Gasteiger partial charge on any atom is 0.330 e. The standard InChI is InChI=1S/C35H31NO3/c1-2-39-32(37)24-26-34(25-23-28-15-7-3-8-16-28)35(30-19-11-5-12-20-30,31-21-13-6-14-22-31)33(38)36(34)27-29-17-9-4-10-18-29/h3-26H,2,27H2,1H3/b25-23+,26-24-. The van der Waals surface area contributed by atoms with E-state index >= 15 is 0 Å². The fraction of sp³-hybridized carbons (Fsp3) is 0.143. The maximum atomic E-state index is 14.6. The molecule has 1 saturated heterocycles. The summed E-state index contributed by atoms with van der Waals surface area (Å²) in [6.45, 7) is 2.43. The van der Waals surface area contributed by atoms with E-state index in [1.807, 2.05) is 138 Å². The van der Waals surface area contributed by atoms with Crippen molar-refractivity contribution in [2.45, 2.75) is 24.4 Å². The third kappa shape index (κ3) is 4.70. The summed E-state index contributed by atoms with van der Waals surface area (Å²) >= 11 is 0. The number of nitrogens with zero attached hydrogens (tertiary/aromatic N) is 1. The highest BCUT2D eigenvalue weighted by Crippen LogP contribution is 2.57. The van der Waals surface area contributed by atoms with Crippen LogP contribution < -0.4 is 0 Å². The topological polar surface area (TPSA) is 46.6 Å². The Labute approximate surface area is 229 Å². The molecule has 0 spiro atoms. The first-order chi connectivity index (χ1) is 19.1. The molecule has 1 aliphatic heterocycles. The summed E-state index contributed by atoms with van der Waals surface area (Å²) in [7, 11) is 0. The number of β-lactam (4-membered cyclic amide) rings is 1. The van der Waals surface area contributed by atoms with Crippen LogP contribution in [0.5, 0.6) is 0 Å². The molecular weight excluding hydrogens is 482 g/mol. The van der Waals surface area contributed by atoms with E-state index < -0.39 is 16.9 Å². The molecule has 0 radical (unpaired) electrons. The van der Waals surface area contributed by atoms with Gasteiger partial charge in [0.15, 0.2) is 0 Å². The lowest BCUT2D eigenvalue weighted by molar-refractivity contribution is -0.163. The van der Waals surface area contributed by atoms with Gasteiger partial charge >= 0.3 is 5.97 Å². The second kappa shape index (κ2) is 11.4. The minimum atomic E-state index is -1.10. The second-order valence-electron chi connectivity index (χ2n) is 9.51. The lowest BCUT2D eigenvalue weighted by Gasteiger charge is -2.63. The zero-order valence-electron chi connectivity index (χ0n) is 21.9. The molecule has 0 saturated carbocycles. The number of hydrogen-bond acceptors (Lipinski definition) is 3. The second-order valence-corrected chi connectivity index (χ2v) is 9.51. The minimum Gasteiger partial charge on any atom is -0.463 e. The van der Waals surface area contributed by atoms with Crippen LogP contribution in [0.1, 0.15) is 29.2 Å². The Kier molecular flexibility index (Phi) is 7.55. The van der Waals surface area contributed by atoms with Gasteiger partial charge in [-0.3, -0.25) is 4.79 Å². The number of amides is 1. The Morgan fingerprint density at radius 1 is 0.744 bits per heavy atom. The third-order valence-electron chi connectivity index (χ3n) is 7.30. The van der Waals surface area contributed by atoms with Gasteiger partial charge in [-0.05, 0) is 35.3 Å². The molecule has 5 rings (SSSR count). The highest BCUT2D eigenvalue weighted by molar-refractivity contribution is 6.04. The summed E-state index contributed by atoms with van der Waals surface area (Å²) < 4.78 is 5.28. The van der Waals surface area contributed by atoms with Crippen molar-refractivity contribution in [3.05, 3.63) is 162 Å². The predicted molar refractivity (Wildman–Crippen MR) is 155 cm³/mol. The molecule has 1 heterocycles. The number of likely N-dealkylation sites (tertiary alicyclic amines) is 1. The van der Waals surface area contributed by atoms with Crippen LogP contribution in [0, 0.1) is 0 Å². The van der Waals surface area contributed by atoms with E-state index in [-0.39, 0.29) is 12.5 Å². The quantitative estimate of drug-likeness (QED) is 0.144. The van der Waals surface area contributed by atoms with Gasteiger partial charge in [0.25, 0.3) is 0 Å². The Hall–Kier alpha value is -4.70. The van der Waals surface area contributed by atoms with Gasteiger partial charge in [-0.1, -0.05) is 133 Å².